The van der Waals surface area contributed by atoms with Gasteiger partial charge in [-0.2, -0.15) is 4.98 Å². The minimum absolute atomic E-state index is 0.109. The van der Waals surface area contributed by atoms with Crippen LogP contribution in [0.25, 0.3) is 0 Å². The highest BCUT2D eigenvalue weighted by molar-refractivity contribution is 5.49. The minimum atomic E-state index is -0.797. The predicted molar refractivity (Wildman–Crippen MR) is 73.3 cm³/mol. The van der Waals surface area contributed by atoms with Crippen molar-refractivity contribution >= 4 is 5.69 Å². The quantitative estimate of drug-likeness (QED) is 0.916. The summed E-state index contributed by atoms with van der Waals surface area (Å²) >= 11 is 0. The van der Waals surface area contributed by atoms with Gasteiger partial charge >= 0.3 is 0 Å². The first kappa shape index (κ1) is 13.6. The predicted octanol–water partition coefficient (Wildman–Crippen LogP) is 3.52. The van der Waals surface area contributed by atoms with Crippen molar-refractivity contribution in [2.45, 2.75) is 12.8 Å². The highest BCUT2D eigenvalue weighted by Crippen LogP contribution is 2.32. The summed E-state index contributed by atoms with van der Waals surface area (Å²) in [6.45, 7) is 0.561. The molecule has 1 aliphatic carbocycles. The molecule has 0 atom stereocenters. The van der Waals surface area contributed by atoms with Crippen LogP contribution in [-0.4, -0.2) is 11.6 Å². The molecule has 6 heteroatoms. The second-order valence-corrected chi connectivity index (χ2v) is 4.98. The Morgan fingerprint density at radius 2 is 2.00 bits per heavy atom. The Bertz CT molecular complexity index is 660. The number of halogens is 2. The summed E-state index contributed by atoms with van der Waals surface area (Å²) in [5.74, 6) is -0.609. The molecule has 1 fully saturated rings. The molecule has 0 spiro atoms. The molecule has 1 aliphatic rings. The smallest absolute Gasteiger partial charge is 0.240 e. The largest absolute Gasteiger partial charge is 0.476 e. The van der Waals surface area contributed by atoms with E-state index >= 15 is 0 Å². The number of hydrogen-bond donors (Lipinski definition) is 1. The highest BCUT2D eigenvalue weighted by Gasteiger charge is 2.22. The maximum absolute atomic E-state index is 13.5. The number of nitrogen functional groups attached to an aromatic ring is 1. The second-order valence-electron chi connectivity index (χ2n) is 4.98. The monoisotopic (exact) mass is 292 g/mol. The van der Waals surface area contributed by atoms with E-state index in [1.807, 2.05) is 0 Å². The number of anilines is 1. The van der Waals surface area contributed by atoms with Gasteiger partial charge in [-0.15, -0.1) is 0 Å². The van der Waals surface area contributed by atoms with Crippen molar-refractivity contribution in [3.05, 3.63) is 42.0 Å². The third-order valence-corrected chi connectivity index (χ3v) is 3.13. The third-order valence-electron chi connectivity index (χ3n) is 3.13. The van der Waals surface area contributed by atoms with Gasteiger partial charge in [0.25, 0.3) is 0 Å². The van der Waals surface area contributed by atoms with Crippen LogP contribution < -0.4 is 15.2 Å². The Morgan fingerprint density at radius 3 is 2.71 bits per heavy atom. The first-order valence-electron chi connectivity index (χ1n) is 6.64. The van der Waals surface area contributed by atoms with Crippen molar-refractivity contribution in [1.29, 1.82) is 0 Å². The topological polar surface area (TPSA) is 57.4 Å². The summed E-state index contributed by atoms with van der Waals surface area (Å²) in [4.78, 5) is 4.10. The number of benzene rings is 1. The third kappa shape index (κ3) is 3.39. The molecule has 0 radical (unpaired) electrons. The Hall–Kier alpha value is -2.37. The molecule has 2 N–H and O–H groups in total. The van der Waals surface area contributed by atoms with E-state index in [2.05, 4.69) is 4.98 Å². The Labute approximate surface area is 120 Å². The highest BCUT2D eigenvalue weighted by atomic mass is 19.1. The summed E-state index contributed by atoms with van der Waals surface area (Å²) in [5.41, 5.74) is 6.16. The molecular formula is C15H14F2N2O2. The van der Waals surface area contributed by atoms with E-state index in [4.69, 9.17) is 15.2 Å². The van der Waals surface area contributed by atoms with Crippen LogP contribution in [-0.2, 0) is 0 Å². The molecule has 0 amide bonds. The van der Waals surface area contributed by atoms with Gasteiger partial charge in [-0.05, 0) is 37.0 Å². The van der Waals surface area contributed by atoms with Crippen LogP contribution in [0.15, 0.2) is 30.3 Å². The fourth-order valence-corrected chi connectivity index (χ4v) is 1.76. The molecule has 2 aromatic rings. The zero-order valence-corrected chi connectivity index (χ0v) is 11.2. The number of aromatic nitrogens is 1. The molecule has 3 rings (SSSR count). The summed E-state index contributed by atoms with van der Waals surface area (Å²) in [6.07, 6.45) is 2.30. The summed E-state index contributed by atoms with van der Waals surface area (Å²) in [7, 11) is 0. The van der Waals surface area contributed by atoms with Gasteiger partial charge in [-0.3, -0.25) is 0 Å². The average molecular weight is 292 g/mol. The Balaban J connectivity index is 1.76. The van der Waals surface area contributed by atoms with E-state index in [-0.39, 0.29) is 17.5 Å². The van der Waals surface area contributed by atoms with Crippen molar-refractivity contribution < 1.29 is 18.3 Å². The lowest BCUT2D eigenvalue weighted by Crippen LogP contribution is -2.04. The average Bonchev–Trinajstić information content (AvgIpc) is 3.26. The molecule has 1 heterocycles. The van der Waals surface area contributed by atoms with Crippen molar-refractivity contribution in [2.24, 2.45) is 5.92 Å². The molecule has 110 valence electrons. The van der Waals surface area contributed by atoms with Gasteiger partial charge < -0.3 is 15.2 Å². The fraction of sp³-hybridized carbons (Fsp3) is 0.267. The molecule has 0 aliphatic heterocycles. The van der Waals surface area contributed by atoms with E-state index in [0.717, 1.165) is 25.0 Å². The van der Waals surface area contributed by atoms with Crippen molar-refractivity contribution in [3.63, 3.8) is 0 Å². The maximum atomic E-state index is 13.5. The molecule has 0 saturated heterocycles. The molecule has 21 heavy (non-hydrogen) atoms. The van der Waals surface area contributed by atoms with Gasteiger partial charge in [-0.1, -0.05) is 0 Å². The normalized spacial score (nSPS) is 14.0. The van der Waals surface area contributed by atoms with Crippen molar-refractivity contribution in [2.75, 3.05) is 12.3 Å². The Kier molecular flexibility index (Phi) is 3.60. The van der Waals surface area contributed by atoms with Gasteiger partial charge in [0.15, 0.2) is 11.6 Å². The fourth-order valence-electron chi connectivity index (χ4n) is 1.76. The number of nitrogens with two attached hydrogens (primary N) is 1. The second kappa shape index (κ2) is 5.55. The van der Waals surface area contributed by atoms with Crippen molar-refractivity contribution in [3.8, 4) is 17.5 Å². The number of rotatable bonds is 5. The van der Waals surface area contributed by atoms with Crippen molar-refractivity contribution in [1.82, 2.24) is 4.98 Å². The maximum Gasteiger partial charge on any atom is 0.240 e. The van der Waals surface area contributed by atoms with Crippen LogP contribution in [0, 0.1) is 17.6 Å². The first-order chi connectivity index (χ1) is 10.1. The lowest BCUT2D eigenvalue weighted by Gasteiger charge is -2.10. The zero-order valence-electron chi connectivity index (χ0n) is 11.2. The summed E-state index contributed by atoms with van der Waals surface area (Å²) in [6, 6.07) is 6.14. The molecule has 4 nitrogen and oxygen atoms in total. The summed E-state index contributed by atoms with van der Waals surface area (Å²) in [5, 5.41) is 0. The van der Waals surface area contributed by atoms with Crippen LogP contribution in [0.4, 0.5) is 14.5 Å². The van der Waals surface area contributed by atoms with Gasteiger partial charge in [0.1, 0.15) is 5.82 Å². The van der Waals surface area contributed by atoms with E-state index in [9.17, 15) is 8.78 Å². The standard InChI is InChI=1S/C15H14F2N2O2/c16-10-3-5-13(11(17)7-10)21-14-6-4-12(18)15(19-14)20-8-9-1-2-9/h3-7,9H,1-2,8,18H2. The number of nitrogens with zero attached hydrogens (tertiary/aromatic N) is 1. The minimum Gasteiger partial charge on any atom is -0.476 e. The molecule has 1 saturated carbocycles. The van der Waals surface area contributed by atoms with Crippen LogP contribution in [0.2, 0.25) is 0 Å². The zero-order chi connectivity index (χ0) is 14.8. The molecule has 0 bridgehead atoms. The van der Waals surface area contributed by atoms with E-state index in [0.29, 0.717) is 18.2 Å². The van der Waals surface area contributed by atoms with Gasteiger partial charge in [-0.25, -0.2) is 8.78 Å². The van der Waals surface area contributed by atoms with Crippen LogP contribution in [0.3, 0.4) is 0 Å². The number of ether oxygens (including phenoxy) is 2. The van der Waals surface area contributed by atoms with Crippen LogP contribution in [0.5, 0.6) is 17.5 Å². The lowest BCUT2D eigenvalue weighted by atomic mass is 10.3. The van der Waals surface area contributed by atoms with Crippen LogP contribution >= 0.6 is 0 Å². The van der Waals surface area contributed by atoms with Crippen LogP contribution in [0.1, 0.15) is 12.8 Å². The van der Waals surface area contributed by atoms with E-state index < -0.39 is 11.6 Å². The number of pyridine rings is 1. The summed E-state index contributed by atoms with van der Waals surface area (Å²) < 4.78 is 37.2. The van der Waals surface area contributed by atoms with E-state index in [1.165, 1.54) is 12.1 Å². The van der Waals surface area contributed by atoms with Gasteiger partial charge in [0.2, 0.25) is 11.8 Å². The molecule has 1 aromatic heterocycles. The first-order valence-corrected chi connectivity index (χ1v) is 6.64. The van der Waals surface area contributed by atoms with E-state index in [1.54, 1.807) is 6.07 Å². The molecule has 0 unspecified atom stereocenters. The van der Waals surface area contributed by atoms with Gasteiger partial charge in [0.05, 0.1) is 12.3 Å². The molecule has 1 aromatic carbocycles. The lowest BCUT2D eigenvalue weighted by molar-refractivity contribution is 0.286. The Morgan fingerprint density at radius 1 is 1.19 bits per heavy atom. The molecular weight excluding hydrogens is 278 g/mol. The number of hydrogen-bond acceptors (Lipinski definition) is 4. The SMILES string of the molecule is Nc1ccc(Oc2ccc(F)cc2F)nc1OCC1CC1. The van der Waals surface area contributed by atoms with Gasteiger partial charge in [0, 0.05) is 12.1 Å².